The number of hydrogen-bond acceptors (Lipinski definition) is 2. The number of anilines is 1. The van der Waals surface area contributed by atoms with Gasteiger partial charge in [-0.05, 0) is 25.0 Å². The Morgan fingerprint density at radius 2 is 2.33 bits per heavy atom. The zero-order valence-corrected chi connectivity index (χ0v) is 8.67. The molecular formula is C12H15FN2. The van der Waals surface area contributed by atoms with E-state index in [0.717, 1.165) is 43.7 Å². The molecule has 3 rings (SSSR count). The van der Waals surface area contributed by atoms with Gasteiger partial charge in [0, 0.05) is 36.9 Å². The highest BCUT2D eigenvalue weighted by Gasteiger charge is 2.29. The molecule has 0 bridgehead atoms. The van der Waals surface area contributed by atoms with Gasteiger partial charge >= 0.3 is 0 Å². The van der Waals surface area contributed by atoms with Crippen LogP contribution in [0.1, 0.15) is 12.0 Å². The molecule has 15 heavy (non-hydrogen) atoms. The molecule has 0 spiro atoms. The minimum Gasteiger partial charge on any atom is -0.366 e. The van der Waals surface area contributed by atoms with E-state index in [1.807, 2.05) is 6.07 Å². The Labute approximate surface area is 89.1 Å². The standard InChI is InChI=1S/C12H15FN2/c13-11-2-1-3-12-10(11)5-4-9-8-14-6-7-15(9)12/h1-3,9,14H,4-8H2. The average molecular weight is 206 g/mol. The molecule has 2 aliphatic rings. The molecule has 0 amide bonds. The van der Waals surface area contributed by atoms with Crippen LogP contribution in [-0.2, 0) is 6.42 Å². The summed E-state index contributed by atoms with van der Waals surface area (Å²) in [5, 5.41) is 3.39. The molecule has 1 N–H and O–H groups in total. The summed E-state index contributed by atoms with van der Waals surface area (Å²) < 4.78 is 13.6. The van der Waals surface area contributed by atoms with Gasteiger partial charge in [0.05, 0.1) is 0 Å². The van der Waals surface area contributed by atoms with Crippen LogP contribution in [0.2, 0.25) is 0 Å². The summed E-state index contributed by atoms with van der Waals surface area (Å²) in [5.41, 5.74) is 2.03. The lowest BCUT2D eigenvalue weighted by Gasteiger charge is -2.42. The highest BCUT2D eigenvalue weighted by atomic mass is 19.1. The topological polar surface area (TPSA) is 15.3 Å². The van der Waals surface area contributed by atoms with Crippen LogP contribution in [-0.4, -0.2) is 25.7 Å². The molecule has 0 aliphatic carbocycles. The van der Waals surface area contributed by atoms with Crippen LogP contribution in [0.5, 0.6) is 0 Å². The Hall–Kier alpha value is -1.09. The van der Waals surface area contributed by atoms with Gasteiger partial charge in [0.25, 0.3) is 0 Å². The van der Waals surface area contributed by atoms with Crippen molar-refractivity contribution in [3.63, 3.8) is 0 Å². The summed E-state index contributed by atoms with van der Waals surface area (Å²) in [6.07, 6.45) is 1.95. The van der Waals surface area contributed by atoms with Crippen molar-refractivity contribution in [2.75, 3.05) is 24.5 Å². The van der Waals surface area contributed by atoms with Crippen LogP contribution in [0.3, 0.4) is 0 Å². The van der Waals surface area contributed by atoms with Crippen molar-refractivity contribution in [2.24, 2.45) is 0 Å². The minimum atomic E-state index is -0.0375. The van der Waals surface area contributed by atoms with Gasteiger partial charge in [0.2, 0.25) is 0 Å². The lowest BCUT2D eigenvalue weighted by Crippen LogP contribution is -2.53. The van der Waals surface area contributed by atoms with Crippen molar-refractivity contribution >= 4 is 5.69 Å². The van der Waals surface area contributed by atoms with Gasteiger partial charge in [-0.1, -0.05) is 6.07 Å². The molecule has 2 aliphatic heterocycles. The second-order valence-corrected chi connectivity index (χ2v) is 4.33. The number of rotatable bonds is 0. The van der Waals surface area contributed by atoms with E-state index in [1.54, 1.807) is 6.07 Å². The highest BCUT2D eigenvalue weighted by Crippen LogP contribution is 2.32. The first-order chi connectivity index (χ1) is 7.36. The van der Waals surface area contributed by atoms with Crippen LogP contribution >= 0.6 is 0 Å². The zero-order valence-electron chi connectivity index (χ0n) is 8.67. The van der Waals surface area contributed by atoms with Gasteiger partial charge in [-0.25, -0.2) is 4.39 Å². The minimum absolute atomic E-state index is 0.0375. The van der Waals surface area contributed by atoms with Gasteiger partial charge in [-0.2, -0.15) is 0 Å². The van der Waals surface area contributed by atoms with Crippen LogP contribution in [0.25, 0.3) is 0 Å². The van der Waals surface area contributed by atoms with E-state index in [9.17, 15) is 4.39 Å². The van der Waals surface area contributed by atoms with Crippen LogP contribution < -0.4 is 10.2 Å². The van der Waals surface area contributed by atoms with Crippen molar-refractivity contribution in [1.29, 1.82) is 0 Å². The molecule has 2 heterocycles. The molecule has 1 unspecified atom stereocenters. The number of nitrogens with zero attached hydrogens (tertiary/aromatic N) is 1. The Kier molecular flexibility index (Phi) is 2.13. The molecule has 0 aromatic heterocycles. The van der Waals surface area contributed by atoms with E-state index < -0.39 is 0 Å². The predicted octanol–water partition coefficient (Wildman–Crippen LogP) is 1.55. The van der Waals surface area contributed by atoms with Gasteiger partial charge in [0.1, 0.15) is 5.82 Å². The van der Waals surface area contributed by atoms with Gasteiger partial charge < -0.3 is 10.2 Å². The molecular weight excluding hydrogens is 191 g/mol. The third kappa shape index (κ3) is 1.42. The second-order valence-electron chi connectivity index (χ2n) is 4.33. The maximum absolute atomic E-state index is 13.6. The number of hydrogen-bond donors (Lipinski definition) is 1. The molecule has 2 nitrogen and oxygen atoms in total. The number of benzene rings is 1. The van der Waals surface area contributed by atoms with Crippen LogP contribution in [0.4, 0.5) is 10.1 Å². The molecule has 0 saturated carbocycles. The summed E-state index contributed by atoms with van der Waals surface area (Å²) >= 11 is 0. The third-order valence-electron chi connectivity index (χ3n) is 3.48. The van der Waals surface area contributed by atoms with Crippen molar-refractivity contribution in [3.05, 3.63) is 29.6 Å². The second kappa shape index (κ2) is 3.49. The predicted molar refractivity (Wildman–Crippen MR) is 58.7 cm³/mol. The largest absolute Gasteiger partial charge is 0.366 e. The molecule has 1 atom stereocenters. The number of nitrogens with one attached hydrogen (secondary N) is 1. The van der Waals surface area contributed by atoms with Crippen molar-refractivity contribution in [2.45, 2.75) is 18.9 Å². The summed E-state index contributed by atoms with van der Waals surface area (Å²) in [5.74, 6) is -0.0375. The number of halogens is 1. The van der Waals surface area contributed by atoms with E-state index in [2.05, 4.69) is 16.3 Å². The highest BCUT2D eigenvalue weighted by molar-refractivity contribution is 5.57. The molecule has 3 heteroatoms. The molecule has 0 radical (unpaired) electrons. The first-order valence-electron chi connectivity index (χ1n) is 5.61. The number of piperazine rings is 1. The van der Waals surface area contributed by atoms with E-state index in [1.165, 1.54) is 0 Å². The van der Waals surface area contributed by atoms with Gasteiger partial charge in [-0.3, -0.25) is 0 Å². The number of fused-ring (bicyclic) bond motifs is 3. The Balaban J connectivity index is 2.03. The third-order valence-corrected chi connectivity index (χ3v) is 3.48. The fourth-order valence-electron chi connectivity index (χ4n) is 2.71. The fraction of sp³-hybridized carbons (Fsp3) is 0.500. The molecule has 80 valence electrons. The maximum Gasteiger partial charge on any atom is 0.128 e. The zero-order chi connectivity index (χ0) is 10.3. The van der Waals surface area contributed by atoms with Gasteiger partial charge in [-0.15, -0.1) is 0 Å². The summed E-state index contributed by atoms with van der Waals surface area (Å²) in [6, 6.07) is 6.00. The molecule has 1 saturated heterocycles. The van der Waals surface area contributed by atoms with E-state index in [4.69, 9.17) is 0 Å². The molecule has 1 aromatic rings. The Morgan fingerprint density at radius 3 is 3.27 bits per heavy atom. The monoisotopic (exact) mass is 206 g/mol. The summed E-state index contributed by atoms with van der Waals surface area (Å²) in [6.45, 7) is 3.05. The smallest absolute Gasteiger partial charge is 0.128 e. The van der Waals surface area contributed by atoms with Crippen molar-refractivity contribution in [1.82, 2.24) is 5.32 Å². The average Bonchev–Trinajstić information content (AvgIpc) is 2.29. The lowest BCUT2D eigenvalue weighted by molar-refractivity contribution is 0.433. The van der Waals surface area contributed by atoms with E-state index >= 15 is 0 Å². The van der Waals surface area contributed by atoms with Crippen molar-refractivity contribution < 1.29 is 4.39 Å². The fourth-order valence-corrected chi connectivity index (χ4v) is 2.71. The van der Waals surface area contributed by atoms with Crippen LogP contribution in [0, 0.1) is 5.82 Å². The summed E-state index contributed by atoms with van der Waals surface area (Å²) in [4.78, 5) is 2.36. The Bertz CT molecular complexity index is 378. The first kappa shape index (κ1) is 9.16. The van der Waals surface area contributed by atoms with Crippen LogP contribution in [0.15, 0.2) is 18.2 Å². The molecule has 1 aromatic carbocycles. The molecule has 1 fully saturated rings. The first-order valence-corrected chi connectivity index (χ1v) is 5.61. The van der Waals surface area contributed by atoms with E-state index in [-0.39, 0.29) is 5.82 Å². The van der Waals surface area contributed by atoms with Gasteiger partial charge in [0.15, 0.2) is 0 Å². The van der Waals surface area contributed by atoms with E-state index in [0.29, 0.717) is 6.04 Å². The normalized spacial score (nSPS) is 24.6. The Morgan fingerprint density at radius 1 is 1.40 bits per heavy atom. The SMILES string of the molecule is Fc1cccc2c1CCC1CNCCN21. The van der Waals surface area contributed by atoms with Crippen molar-refractivity contribution in [3.8, 4) is 0 Å². The quantitative estimate of drug-likeness (QED) is 0.693. The summed E-state index contributed by atoms with van der Waals surface area (Å²) in [7, 11) is 0. The maximum atomic E-state index is 13.6. The lowest BCUT2D eigenvalue weighted by atomic mass is 9.94.